The third-order valence-electron chi connectivity index (χ3n) is 2.85. The van der Waals surface area contributed by atoms with Crippen molar-refractivity contribution in [2.75, 3.05) is 0 Å². The Hall–Kier alpha value is -1.22. The zero-order chi connectivity index (χ0) is 13.1. The Morgan fingerprint density at radius 1 is 1.35 bits per heavy atom. The first kappa shape index (κ1) is 13.8. The number of ketones is 1. The molecule has 0 amide bonds. The number of ether oxygens (including phenoxy) is 1. The zero-order valence-corrected chi connectivity index (χ0v) is 10.8. The minimum absolute atomic E-state index is 0.119. The van der Waals surface area contributed by atoms with E-state index in [-0.39, 0.29) is 17.2 Å². The molecule has 17 heavy (non-hydrogen) atoms. The number of halogens is 1. The lowest BCUT2D eigenvalue weighted by Gasteiger charge is -2.27. The normalized spacial score (nSPS) is 13.5. The van der Waals surface area contributed by atoms with Gasteiger partial charge in [0.15, 0.2) is 5.78 Å². The van der Waals surface area contributed by atoms with Gasteiger partial charge in [-0.15, -0.1) is 0 Å². The van der Waals surface area contributed by atoms with Crippen molar-refractivity contribution in [2.24, 2.45) is 0 Å². The first-order valence-corrected chi connectivity index (χ1v) is 5.83. The number of Topliss-reactive ketones (excluding diaryl/α,β-unsaturated/α-hetero) is 1. The predicted molar refractivity (Wildman–Crippen MR) is 65.6 cm³/mol. The average Bonchev–Trinajstić information content (AvgIpc) is 2.28. The number of hydrogen-bond acceptors (Lipinski definition) is 2. The standard InChI is InChI=1S/C14H19FO2/c1-5-14(3,4)17-10(2)13(16)11-6-8-12(15)9-7-11/h6-10H,5H2,1-4H3. The van der Waals surface area contributed by atoms with Crippen molar-refractivity contribution in [3.63, 3.8) is 0 Å². The Morgan fingerprint density at radius 3 is 2.35 bits per heavy atom. The molecule has 0 aliphatic carbocycles. The van der Waals surface area contributed by atoms with Crippen molar-refractivity contribution in [3.05, 3.63) is 35.6 Å². The van der Waals surface area contributed by atoms with Crippen molar-refractivity contribution >= 4 is 5.78 Å². The summed E-state index contributed by atoms with van der Waals surface area (Å²) in [5.74, 6) is -0.462. The van der Waals surface area contributed by atoms with Gasteiger partial charge in [0, 0.05) is 5.56 Å². The van der Waals surface area contributed by atoms with Crippen molar-refractivity contribution in [3.8, 4) is 0 Å². The molecule has 1 rings (SSSR count). The van der Waals surface area contributed by atoms with E-state index in [1.165, 1.54) is 24.3 Å². The lowest BCUT2D eigenvalue weighted by Crippen LogP contribution is -2.33. The van der Waals surface area contributed by atoms with Gasteiger partial charge in [-0.1, -0.05) is 6.92 Å². The Labute approximate surface area is 102 Å². The molecule has 0 aliphatic rings. The van der Waals surface area contributed by atoms with Gasteiger partial charge in [0.1, 0.15) is 11.9 Å². The van der Waals surface area contributed by atoms with Crippen LogP contribution in [-0.2, 0) is 4.74 Å². The van der Waals surface area contributed by atoms with Crippen molar-refractivity contribution in [2.45, 2.75) is 45.8 Å². The third-order valence-corrected chi connectivity index (χ3v) is 2.85. The van der Waals surface area contributed by atoms with Crippen LogP contribution in [0.2, 0.25) is 0 Å². The van der Waals surface area contributed by atoms with Gasteiger partial charge >= 0.3 is 0 Å². The second-order valence-corrected chi connectivity index (χ2v) is 4.74. The van der Waals surface area contributed by atoms with E-state index in [4.69, 9.17) is 4.74 Å². The highest BCUT2D eigenvalue weighted by atomic mass is 19.1. The molecular formula is C14H19FO2. The van der Waals surface area contributed by atoms with Crippen LogP contribution in [0, 0.1) is 5.82 Å². The molecule has 0 heterocycles. The van der Waals surface area contributed by atoms with E-state index in [9.17, 15) is 9.18 Å². The summed E-state index contributed by atoms with van der Waals surface area (Å²) in [6.45, 7) is 7.63. The van der Waals surface area contributed by atoms with Gasteiger partial charge in [-0.3, -0.25) is 4.79 Å². The van der Waals surface area contributed by atoms with E-state index in [1.54, 1.807) is 6.92 Å². The van der Waals surface area contributed by atoms with Gasteiger partial charge in [0.05, 0.1) is 5.60 Å². The fourth-order valence-electron chi connectivity index (χ4n) is 1.46. The monoisotopic (exact) mass is 238 g/mol. The summed E-state index contributed by atoms with van der Waals surface area (Å²) in [6.07, 6.45) is 0.309. The number of hydrogen-bond donors (Lipinski definition) is 0. The highest BCUT2D eigenvalue weighted by Crippen LogP contribution is 2.18. The van der Waals surface area contributed by atoms with Gasteiger partial charge in [-0.05, 0) is 51.5 Å². The summed E-state index contributed by atoms with van der Waals surface area (Å²) in [6, 6.07) is 5.53. The van der Waals surface area contributed by atoms with Crippen LogP contribution in [0.5, 0.6) is 0 Å². The maximum atomic E-state index is 12.7. The first-order valence-electron chi connectivity index (χ1n) is 5.83. The van der Waals surface area contributed by atoms with Crippen molar-refractivity contribution < 1.29 is 13.9 Å². The molecule has 1 atom stereocenters. The fraction of sp³-hybridized carbons (Fsp3) is 0.500. The summed E-state index contributed by atoms with van der Waals surface area (Å²) in [4.78, 5) is 12.0. The molecule has 0 bridgehead atoms. The Kier molecular flexibility index (Phi) is 4.40. The molecule has 0 N–H and O–H groups in total. The van der Waals surface area contributed by atoms with Crippen LogP contribution < -0.4 is 0 Å². The molecule has 94 valence electrons. The van der Waals surface area contributed by atoms with Crippen LogP contribution in [-0.4, -0.2) is 17.5 Å². The largest absolute Gasteiger partial charge is 0.364 e. The minimum Gasteiger partial charge on any atom is -0.364 e. The number of carbonyl (C=O) groups is 1. The van der Waals surface area contributed by atoms with Gasteiger partial charge in [-0.2, -0.15) is 0 Å². The van der Waals surface area contributed by atoms with Gasteiger partial charge in [-0.25, -0.2) is 4.39 Å². The molecule has 0 fully saturated rings. The molecule has 2 nitrogen and oxygen atoms in total. The molecule has 1 aromatic rings. The molecule has 0 aromatic heterocycles. The van der Waals surface area contributed by atoms with E-state index in [0.717, 1.165) is 6.42 Å². The maximum absolute atomic E-state index is 12.7. The number of rotatable bonds is 5. The smallest absolute Gasteiger partial charge is 0.191 e. The highest BCUT2D eigenvalue weighted by Gasteiger charge is 2.24. The maximum Gasteiger partial charge on any atom is 0.191 e. The summed E-state index contributed by atoms with van der Waals surface area (Å²) in [7, 11) is 0. The van der Waals surface area contributed by atoms with Crippen LogP contribution in [0.4, 0.5) is 4.39 Å². The van der Waals surface area contributed by atoms with Crippen LogP contribution in [0.15, 0.2) is 24.3 Å². The van der Waals surface area contributed by atoms with E-state index in [0.29, 0.717) is 5.56 Å². The van der Waals surface area contributed by atoms with Crippen molar-refractivity contribution in [1.29, 1.82) is 0 Å². The highest BCUT2D eigenvalue weighted by molar-refractivity contribution is 5.99. The second-order valence-electron chi connectivity index (χ2n) is 4.74. The molecule has 0 saturated carbocycles. The van der Waals surface area contributed by atoms with Crippen LogP contribution in [0.25, 0.3) is 0 Å². The molecule has 3 heteroatoms. The Morgan fingerprint density at radius 2 is 1.88 bits per heavy atom. The Balaban J connectivity index is 2.73. The molecule has 0 radical (unpaired) electrons. The molecule has 1 unspecified atom stereocenters. The quantitative estimate of drug-likeness (QED) is 0.732. The average molecular weight is 238 g/mol. The van der Waals surface area contributed by atoms with Gasteiger partial charge < -0.3 is 4.74 Å². The van der Waals surface area contributed by atoms with Crippen LogP contribution in [0.1, 0.15) is 44.5 Å². The second kappa shape index (κ2) is 5.41. The van der Waals surface area contributed by atoms with Crippen molar-refractivity contribution in [1.82, 2.24) is 0 Å². The van der Waals surface area contributed by atoms with Crippen LogP contribution in [0.3, 0.4) is 0 Å². The van der Waals surface area contributed by atoms with E-state index < -0.39 is 6.10 Å². The topological polar surface area (TPSA) is 26.3 Å². The fourth-order valence-corrected chi connectivity index (χ4v) is 1.46. The first-order chi connectivity index (χ1) is 7.85. The van der Waals surface area contributed by atoms with Crippen LogP contribution >= 0.6 is 0 Å². The summed E-state index contributed by atoms with van der Waals surface area (Å²) in [5, 5.41) is 0. The summed E-state index contributed by atoms with van der Waals surface area (Å²) in [5.41, 5.74) is 0.153. The van der Waals surface area contributed by atoms with E-state index >= 15 is 0 Å². The third kappa shape index (κ3) is 3.93. The molecule has 0 aliphatic heterocycles. The van der Waals surface area contributed by atoms with Gasteiger partial charge in [0.2, 0.25) is 0 Å². The lowest BCUT2D eigenvalue weighted by molar-refractivity contribution is -0.0517. The van der Waals surface area contributed by atoms with Gasteiger partial charge in [0.25, 0.3) is 0 Å². The number of benzene rings is 1. The summed E-state index contributed by atoms with van der Waals surface area (Å²) < 4.78 is 18.4. The number of carbonyl (C=O) groups excluding carboxylic acids is 1. The molecular weight excluding hydrogens is 219 g/mol. The summed E-state index contributed by atoms with van der Waals surface area (Å²) >= 11 is 0. The zero-order valence-electron chi connectivity index (χ0n) is 10.8. The van der Waals surface area contributed by atoms with E-state index in [2.05, 4.69) is 0 Å². The molecule has 1 aromatic carbocycles. The lowest BCUT2D eigenvalue weighted by atomic mass is 10.0. The van der Waals surface area contributed by atoms with E-state index in [1.807, 2.05) is 20.8 Å². The Bertz CT molecular complexity index is 382. The molecule has 0 saturated heterocycles. The predicted octanol–water partition coefficient (Wildman–Crippen LogP) is 3.60. The molecule has 0 spiro atoms. The minimum atomic E-state index is -0.518. The SMILES string of the molecule is CCC(C)(C)OC(C)C(=O)c1ccc(F)cc1.